The molecule has 0 bridgehead atoms. The van der Waals surface area contributed by atoms with Gasteiger partial charge in [-0.05, 0) is 12.8 Å². The third-order valence-electron chi connectivity index (χ3n) is 5.61. The van der Waals surface area contributed by atoms with Crippen molar-refractivity contribution in [3.8, 4) is 0 Å². The zero-order valence-electron chi connectivity index (χ0n) is 19.6. The van der Waals surface area contributed by atoms with Gasteiger partial charge in [-0.15, -0.1) is 11.3 Å². The summed E-state index contributed by atoms with van der Waals surface area (Å²) in [4.78, 5) is 41.8. The quantitative estimate of drug-likeness (QED) is 0.249. The summed E-state index contributed by atoms with van der Waals surface area (Å²) in [6.45, 7) is 3.08. The second kappa shape index (κ2) is 13.8. The molecule has 2 amide bonds. The predicted molar refractivity (Wildman–Crippen MR) is 128 cm³/mol. The number of nitro benzene ring substituents is 1. The molecule has 1 fully saturated rings. The van der Waals surface area contributed by atoms with Crippen molar-refractivity contribution >= 4 is 28.8 Å². The number of para-hydroxylation sites is 1. The number of benzene rings is 1. The number of methoxy groups -OCH3 is 1. The Labute approximate surface area is 207 Å². The van der Waals surface area contributed by atoms with Crippen molar-refractivity contribution in [1.29, 1.82) is 0 Å². The summed E-state index contributed by atoms with van der Waals surface area (Å²) in [6, 6.07) is 6.30. The molecule has 1 aromatic carbocycles. The van der Waals surface area contributed by atoms with Gasteiger partial charge in [0.2, 0.25) is 5.91 Å². The van der Waals surface area contributed by atoms with Gasteiger partial charge in [0.15, 0.2) is 0 Å². The van der Waals surface area contributed by atoms with E-state index < -0.39 is 4.92 Å². The van der Waals surface area contributed by atoms with Crippen LogP contribution in [0.25, 0.3) is 0 Å². The summed E-state index contributed by atoms with van der Waals surface area (Å²) >= 11 is 1.42. The average Bonchev–Trinajstić information content (AvgIpc) is 3.37. The van der Waals surface area contributed by atoms with E-state index in [1.165, 1.54) is 17.4 Å². The maximum atomic E-state index is 12.5. The normalized spacial score (nSPS) is 14.1. The minimum Gasteiger partial charge on any atom is -0.382 e. The van der Waals surface area contributed by atoms with Crippen LogP contribution in [-0.4, -0.2) is 79.9 Å². The highest BCUT2D eigenvalue weighted by Gasteiger charge is 2.26. The van der Waals surface area contributed by atoms with Crippen molar-refractivity contribution in [2.75, 3.05) is 53.2 Å². The number of aromatic nitrogens is 1. The molecule has 1 aliphatic rings. The number of hydrogen-bond donors (Lipinski definition) is 1. The van der Waals surface area contributed by atoms with E-state index in [9.17, 15) is 19.7 Å². The molecule has 0 spiro atoms. The number of carbonyl (C=O) groups is 2. The molecule has 0 radical (unpaired) electrons. The SMILES string of the molecule is COCCOCCOCC(=O)N1CCC(c2nc(C(=O)NCc3ccccc3[N+](=O)[O-])cs2)CC1. The van der Waals surface area contributed by atoms with Crippen LogP contribution in [-0.2, 0) is 25.5 Å². The zero-order chi connectivity index (χ0) is 25.0. The maximum absolute atomic E-state index is 12.5. The Morgan fingerprint density at radius 3 is 2.63 bits per heavy atom. The monoisotopic (exact) mass is 506 g/mol. The summed E-state index contributed by atoms with van der Waals surface area (Å²) in [5, 5.41) is 16.4. The van der Waals surface area contributed by atoms with Gasteiger partial charge in [-0.25, -0.2) is 4.98 Å². The van der Waals surface area contributed by atoms with E-state index in [2.05, 4.69) is 10.3 Å². The van der Waals surface area contributed by atoms with Gasteiger partial charge in [0, 0.05) is 49.7 Å². The molecular weight excluding hydrogens is 476 g/mol. The molecule has 12 heteroatoms. The topological polar surface area (TPSA) is 133 Å². The molecule has 11 nitrogen and oxygen atoms in total. The van der Waals surface area contributed by atoms with Crippen molar-refractivity contribution in [2.24, 2.45) is 0 Å². The van der Waals surface area contributed by atoms with Gasteiger partial charge < -0.3 is 24.4 Å². The molecule has 3 rings (SSSR count). The summed E-state index contributed by atoms with van der Waals surface area (Å²) < 4.78 is 15.6. The van der Waals surface area contributed by atoms with E-state index in [1.807, 2.05) is 0 Å². The lowest BCUT2D eigenvalue weighted by atomic mass is 9.97. The first-order valence-electron chi connectivity index (χ1n) is 11.4. The lowest BCUT2D eigenvalue weighted by Crippen LogP contribution is -2.40. The first-order chi connectivity index (χ1) is 17.0. The van der Waals surface area contributed by atoms with Crippen molar-refractivity contribution in [3.63, 3.8) is 0 Å². The van der Waals surface area contributed by atoms with E-state index in [0.29, 0.717) is 50.8 Å². The number of nitro groups is 1. The first kappa shape index (κ1) is 26.7. The largest absolute Gasteiger partial charge is 0.382 e. The maximum Gasteiger partial charge on any atom is 0.274 e. The summed E-state index contributed by atoms with van der Waals surface area (Å²) in [5.41, 5.74) is 0.693. The van der Waals surface area contributed by atoms with Crippen LogP contribution in [0.3, 0.4) is 0 Å². The highest BCUT2D eigenvalue weighted by Crippen LogP contribution is 2.30. The number of carbonyl (C=O) groups excluding carboxylic acids is 2. The standard InChI is InChI=1S/C23H30N4O7S/c1-32-10-11-33-12-13-34-15-21(28)26-8-6-17(7-9-26)23-25-19(16-35-23)22(29)24-14-18-4-2-3-5-20(18)27(30)31/h2-5,16-17H,6-15H2,1H3,(H,24,29). The van der Waals surface area contributed by atoms with E-state index in [0.717, 1.165) is 17.8 Å². The average molecular weight is 507 g/mol. The van der Waals surface area contributed by atoms with Gasteiger partial charge >= 0.3 is 0 Å². The van der Waals surface area contributed by atoms with Crippen LogP contribution in [0.15, 0.2) is 29.6 Å². The predicted octanol–water partition coefficient (Wildman–Crippen LogP) is 2.37. The van der Waals surface area contributed by atoms with E-state index >= 15 is 0 Å². The van der Waals surface area contributed by atoms with Crippen LogP contribution in [0.1, 0.15) is 39.8 Å². The number of nitrogens with one attached hydrogen (secondary N) is 1. The highest BCUT2D eigenvalue weighted by molar-refractivity contribution is 7.09. The number of rotatable bonds is 13. The van der Waals surface area contributed by atoms with E-state index in [1.54, 1.807) is 35.6 Å². The Morgan fingerprint density at radius 1 is 1.17 bits per heavy atom. The van der Waals surface area contributed by atoms with Crippen molar-refractivity contribution < 1.29 is 28.7 Å². The van der Waals surface area contributed by atoms with Gasteiger partial charge in [0.25, 0.3) is 11.6 Å². The van der Waals surface area contributed by atoms with Gasteiger partial charge in [0.05, 0.1) is 36.4 Å². The van der Waals surface area contributed by atoms with Gasteiger partial charge in [0.1, 0.15) is 12.3 Å². The molecule has 35 heavy (non-hydrogen) atoms. The molecule has 0 atom stereocenters. The minimum absolute atomic E-state index is 0.0272. The smallest absolute Gasteiger partial charge is 0.274 e. The van der Waals surface area contributed by atoms with E-state index in [4.69, 9.17) is 14.2 Å². The van der Waals surface area contributed by atoms with Crippen molar-refractivity contribution in [3.05, 3.63) is 56.0 Å². The number of ether oxygens (including phenoxy) is 3. The van der Waals surface area contributed by atoms with Crippen molar-refractivity contribution in [1.82, 2.24) is 15.2 Å². The number of piperidine rings is 1. The molecule has 0 saturated carbocycles. The fourth-order valence-corrected chi connectivity index (χ4v) is 4.64. The minimum atomic E-state index is -0.468. The first-order valence-corrected chi connectivity index (χ1v) is 12.3. The van der Waals surface area contributed by atoms with Gasteiger partial charge in [-0.3, -0.25) is 19.7 Å². The zero-order valence-corrected chi connectivity index (χ0v) is 20.5. The van der Waals surface area contributed by atoms with Crippen LogP contribution in [0.5, 0.6) is 0 Å². The molecule has 1 aliphatic heterocycles. The summed E-state index contributed by atoms with van der Waals surface area (Å²) in [7, 11) is 1.61. The molecule has 1 N–H and O–H groups in total. The lowest BCUT2D eigenvalue weighted by Gasteiger charge is -2.31. The Balaban J connectivity index is 1.40. The number of nitrogens with zero attached hydrogens (tertiary/aromatic N) is 3. The number of thiazole rings is 1. The molecule has 0 aliphatic carbocycles. The Kier molecular flexibility index (Phi) is 10.5. The highest BCUT2D eigenvalue weighted by atomic mass is 32.1. The van der Waals surface area contributed by atoms with Crippen molar-refractivity contribution in [2.45, 2.75) is 25.3 Å². The van der Waals surface area contributed by atoms with Crippen LogP contribution in [0.2, 0.25) is 0 Å². The number of likely N-dealkylation sites (tertiary alicyclic amines) is 1. The third-order valence-corrected chi connectivity index (χ3v) is 6.62. The second-order valence-corrected chi connectivity index (χ2v) is 8.84. The molecular formula is C23H30N4O7S. The molecule has 2 heterocycles. The lowest BCUT2D eigenvalue weighted by molar-refractivity contribution is -0.385. The fraction of sp³-hybridized carbons (Fsp3) is 0.522. The Morgan fingerprint density at radius 2 is 1.89 bits per heavy atom. The molecule has 1 aromatic heterocycles. The van der Waals surface area contributed by atoms with Crippen LogP contribution >= 0.6 is 11.3 Å². The molecule has 1 saturated heterocycles. The fourth-order valence-electron chi connectivity index (χ4n) is 3.67. The molecule has 2 aromatic rings. The Hall–Kier alpha value is -2.93. The second-order valence-electron chi connectivity index (χ2n) is 7.95. The molecule has 190 valence electrons. The van der Waals surface area contributed by atoms with Gasteiger partial charge in [-0.2, -0.15) is 0 Å². The van der Waals surface area contributed by atoms with Crippen LogP contribution < -0.4 is 5.32 Å². The summed E-state index contributed by atoms with van der Waals surface area (Å²) in [5.74, 6) is -0.243. The third kappa shape index (κ3) is 8.06. The van der Waals surface area contributed by atoms with Crippen LogP contribution in [0, 0.1) is 10.1 Å². The number of amides is 2. The Bertz CT molecular complexity index is 992. The van der Waals surface area contributed by atoms with E-state index in [-0.39, 0.29) is 36.6 Å². The molecule has 0 unspecified atom stereocenters. The van der Waals surface area contributed by atoms with Gasteiger partial charge in [-0.1, -0.05) is 18.2 Å². The number of hydrogen-bond acceptors (Lipinski definition) is 9. The summed E-state index contributed by atoms with van der Waals surface area (Å²) in [6.07, 6.45) is 1.52. The van der Waals surface area contributed by atoms with Crippen LogP contribution in [0.4, 0.5) is 5.69 Å².